The van der Waals surface area contributed by atoms with Crippen LogP contribution in [0.25, 0.3) is 0 Å². The molecular formula is C19H30O5. The third kappa shape index (κ3) is 4.12. The minimum atomic E-state index is -0.357. The third-order valence-corrected chi connectivity index (χ3v) is 5.40. The van der Waals surface area contributed by atoms with Crippen molar-refractivity contribution in [3.05, 3.63) is 12.3 Å². The smallest absolute Gasteiger partial charge is 0.335 e. The zero-order chi connectivity index (χ0) is 17.1. The maximum atomic E-state index is 11.1. The zero-order valence-electron chi connectivity index (χ0n) is 14.9. The Bertz CT molecular complexity index is 421. The molecule has 136 valence electrons. The van der Waals surface area contributed by atoms with E-state index in [4.69, 9.17) is 18.9 Å². The SMILES string of the molecule is C=C1O[C@@H]2CCCC[C@H]2O[C@H]1C.C[C@@H]1O[C@H]2CCCC[C@@H]2OC1=O. The second-order valence-corrected chi connectivity index (χ2v) is 7.30. The highest BCUT2D eigenvalue weighted by molar-refractivity contribution is 5.75. The Balaban J connectivity index is 0.000000141. The van der Waals surface area contributed by atoms with Crippen LogP contribution in [0.2, 0.25) is 0 Å². The van der Waals surface area contributed by atoms with Gasteiger partial charge in [-0.15, -0.1) is 0 Å². The molecule has 0 aromatic heterocycles. The lowest BCUT2D eigenvalue weighted by Gasteiger charge is -2.39. The third-order valence-electron chi connectivity index (χ3n) is 5.40. The van der Waals surface area contributed by atoms with Gasteiger partial charge >= 0.3 is 5.97 Å². The van der Waals surface area contributed by atoms with Gasteiger partial charge in [0, 0.05) is 0 Å². The molecule has 2 aliphatic carbocycles. The van der Waals surface area contributed by atoms with Gasteiger partial charge in [-0.05, 0) is 52.4 Å². The molecule has 2 saturated carbocycles. The number of hydrogen-bond acceptors (Lipinski definition) is 5. The predicted molar refractivity (Wildman–Crippen MR) is 89.5 cm³/mol. The van der Waals surface area contributed by atoms with E-state index >= 15 is 0 Å². The van der Waals surface area contributed by atoms with E-state index in [1.807, 2.05) is 6.92 Å². The van der Waals surface area contributed by atoms with Gasteiger partial charge in [0.25, 0.3) is 0 Å². The number of ether oxygens (including phenoxy) is 4. The molecule has 0 radical (unpaired) electrons. The maximum absolute atomic E-state index is 11.1. The highest BCUT2D eigenvalue weighted by Crippen LogP contribution is 2.32. The maximum Gasteiger partial charge on any atom is 0.335 e. The molecule has 4 rings (SSSR count). The second-order valence-electron chi connectivity index (χ2n) is 7.30. The first-order chi connectivity index (χ1) is 11.5. The summed E-state index contributed by atoms with van der Waals surface area (Å²) in [4.78, 5) is 11.1. The fraction of sp³-hybridized carbons (Fsp3) is 0.842. The summed E-state index contributed by atoms with van der Waals surface area (Å²) in [6.45, 7) is 7.60. The summed E-state index contributed by atoms with van der Waals surface area (Å²) in [7, 11) is 0. The van der Waals surface area contributed by atoms with Crippen molar-refractivity contribution in [2.45, 2.75) is 102 Å². The summed E-state index contributed by atoms with van der Waals surface area (Å²) < 4.78 is 22.2. The number of rotatable bonds is 0. The second kappa shape index (κ2) is 7.87. The van der Waals surface area contributed by atoms with E-state index in [2.05, 4.69) is 6.58 Å². The van der Waals surface area contributed by atoms with Crippen molar-refractivity contribution in [1.29, 1.82) is 0 Å². The van der Waals surface area contributed by atoms with Gasteiger partial charge in [-0.1, -0.05) is 19.4 Å². The number of hydrogen-bond donors (Lipinski definition) is 0. The van der Waals surface area contributed by atoms with Gasteiger partial charge in [0.1, 0.15) is 24.1 Å². The molecule has 6 atom stereocenters. The molecule has 0 aromatic rings. The van der Waals surface area contributed by atoms with Gasteiger partial charge < -0.3 is 18.9 Å². The Morgan fingerprint density at radius 3 is 1.79 bits per heavy atom. The predicted octanol–water partition coefficient (Wildman–Crippen LogP) is 3.51. The Kier molecular flexibility index (Phi) is 5.82. The number of fused-ring (bicyclic) bond motifs is 2. The first kappa shape index (κ1) is 17.7. The van der Waals surface area contributed by atoms with Gasteiger partial charge in [-0.2, -0.15) is 0 Å². The van der Waals surface area contributed by atoms with Crippen molar-refractivity contribution in [3.63, 3.8) is 0 Å². The zero-order valence-corrected chi connectivity index (χ0v) is 14.9. The van der Waals surface area contributed by atoms with E-state index in [-0.39, 0.29) is 30.4 Å². The Labute approximate surface area is 144 Å². The number of esters is 1. The molecule has 4 aliphatic rings. The molecule has 4 fully saturated rings. The van der Waals surface area contributed by atoms with Crippen molar-refractivity contribution in [2.24, 2.45) is 0 Å². The molecule has 0 amide bonds. The largest absolute Gasteiger partial charge is 0.490 e. The van der Waals surface area contributed by atoms with E-state index in [0.29, 0.717) is 12.2 Å². The van der Waals surface area contributed by atoms with Crippen LogP contribution in [-0.4, -0.2) is 42.6 Å². The van der Waals surface area contributed by atoms with Crippen LogP contribution in [0.3, 0.4) is 0 Å². The summed E-state index contributed by atoms with van der Waals surface area (Å²) >= 11 is 0. The standard InChI is InChI=1S/C10H16O2.C9H14O3/c1-7-8(2)12-10-6-4-3-5-9(10)11-7;1-6-9(10)12-8-5-3-2-4-7(8)11-6/h8-10H,1,3-6H2,2H3;6-8H,2-5H2,1H3/t8-,9+,10+;6-,7-,8-/m00/s1. The first-order valence-electron chi connectivity index (χ1n) is 9.41. The van der Waals surface area contributed by atoms with Crippen LogP contribution in [-0.2, 0) is 23.7 Å². The molecule has 2 aliphatic heterocycles. The van der Waals surface area contributed by atoms with Crippen molar-refractivity contribution in [2.75, 3.05) is 0 Å². The van der Waals surface area contributed by atoms with Crippen LogP contribution in [0.1, 0.15) is 65.2 Å². The van der Waals surface area contributed by atoms with Crippen molar-refractivity contribution >= 4 is 5.97 Å². The first-order valence-corrected chi connectivity index (χ1v) is 9.41. The van der Waals surface area contributed by atoms with Crippen molar-refractivity contribution < 1.29 is 23.7 Å². The van der Waals surface area contributed by atoms with E-state index < -0.39 is 0 Å². The molecule has 0 bridgehead atoms. The van der Waals surface area contributed by atoms with E-state index in [0.717, 1.165) is 37.9 Å². The van der Waals surface area contributed by atoms with Crippen LogP contribution in [0, 0.1) is 0 Å². The molecule has 0 aromatic carbocycles. The van der Waals surface area contributed by atoms with Gasteiger partial charge in [0.2, 0.25) is 0 Å². The average molecular weight is 338 g/mol. The van der Waals surface area contributed by atoms with Gasteiger partial charge in [-0.3, -0.25) is 0 Å². The molecule has 5 nitrogen and oxygen atoms in total. The fourth-order valence-corrected chi connectivity index (χ4v) is 3.90. The molecule has 0 N–H and O–H groups in total. The highest BCUT2D eigenvalue weighted by Gasteiger charge is 2.37. The van der Waals surface area contributed by atoms with Gasteiger partial charge in [-0.25, -0.2) is 4.79 Å². The average Bonchev–Trinajstić information content (AvgIpc) is 2.57. The monoisotopic (exact) mass is 338 g/mol. The lowest BCUT2D eigenvalue weighted by atomic mass is 9.93. The Hall–Kier alpha value is -1.07. The minimum Gasteiger partial charge on any atom is -0.490 e. The minimum absolute atomic E-state index is 0.0439. The molecule has 0 spiro atoms. The summed E-state index contributed by atoms with van der Waals surface area (Å²) in [5, 5.41) is 0. The molecule has 0 unspecified atom stereocenters. The Morgan fingerprint density at radius 1 is 0.750 bits per heavy atom. The topological polar surface area (TPSA) is 54.0 Å². The highest BCUT2D eigenvalue weighted by atomic mass is 16.6. The number of carbonyl (C=O) groups is 1. The lowest BCUT2D eigenvalue weighted by Crippen LogP contribution is -2.47. The van der Waals surface area contributed by atoms with Crippen LogP contribution in [0.5, 0.6) is 0 Å². The van der Waals surface area contributed by atoms with Crippen LogP contribution < -0.4 is 0 Å². The van der Waals surface area contributed by atoms with E-state index in [1.165, 1.54) is 19.3 Å². The van der Waals surface area contributed by atoms with Crippen LogP contribution in [0.4, 0.5) is 0 Å². The van der Waals surface area contributed by atoms with Crippen molar-refractivity contribution in [1.82, 2.24) is 0 Å². The van der Waals surface area contributed by atoms with E-state index in [1.54, 1.807) is 6.92 Å². The molecule has 5 heteroatoms. The summed E-state index contributed by atoms with van der Waals surface area (Å²) in [6.07, 6.45) is 9.79. The van der Waals surface area contributed by atoms with Crippen LogP contribution in [0.15, 0.2) is 12.3 Å². The quantitative estimate of drug-likeness (QED) is 0.633. The summed E-state index contributed by atoms with van der Waals surface area (Å²) in [5.74, 6) is 0.608. The van der Waals surface area contributed by atoms with Crippen molar-refractivity contribution in [3.8, 4) is 0 Å². The van der Waals surface area contributed by atoms with E-state index in [9.17, 15) is 4.79 Å². The van der Waals surface area contributed by atoms with Gasteiger partial charge in [0.15, 0.2) is 6.10 Å². The molecule has 2 heterocycles. The Morgan fingerprint density at radius 2 is 1.21 bits per heavy atom. The summed E-state index contributed by atoms with van der Waals surface area (Å²) in [6, 6.07) is 0. The number of carbonyl (C=O) groups excluding carboxylic acids is 1. The van der Waals surface area contributed by atoms with Gasteiger partial charge in [0.05, 0.1) is 12.2 Å². The van der Waals surface area contributed by atoms with Crippen LogP contribution >= 0.6 is 0 Å². The molecular weight excluding hydrogens is 308 g/mol. The molecule has 2 saturated heterocycles. The normalized spacial score (nSPS) is 41.8. The lowest BCUT2D eigenvalue weighted by molar-refractivity contribution is -0.203. The fourth-order valence-electron chi connectivity index (χ4n) is 3.90. The summed E-state index contributed by atoms with van der Waals surface area (Å²) in [5.41, 5.74) is 0. The molecule has 24 heavy (non-hydrogen) atoms.